The molecule has 0 radical (unpaired) electrons. The maximum atomic E-state index is 10.0. The number of hydrogen-bond donors (Lipinski definition) is 1. The van der Waals surface area contributed by atoms with Gasteiger partial charge in [0.25, 0.3) is 0 Å². The van der Waals surface area contributed by atoms with E-state index >= 15 is 0 Å². The molecule has 2 nitrogen and oxygen atoms in total. The highest BCUT2D eigenvalue weighted by Gasteiger charge is 2.55. The number of aliphatic hydroxyl groups is 1. The van der Waals surface area contributed by atoms with E-state index in [-0.39, 0.29) is 23.0 Å². The van der Waals surface area contributed by atoms with Gasteiger partial charge in [0, 0.05) is 5.92 Å². The minimum absolute atomic E-state index is 0.0299. The van der Waals surface area contributed by atoms with Crippen molar-refractivity contribution in [1.82, 2.24) is 0 Å². The van der Waals surface area contributed by atoms with Gasteiger partial charge in [-0.15, -0.1) is 0 Å². The minimum atomic E-state index is -0.383. The molecule has 3 heteroatoms. The molecule has 0 amide bonds. The van der Waals surface area contributed by atoms with Gasteiger partial charge in [-0.25, -0.2) is 0 Å². The summed E-state index contributed by atoms with van der Waals surface area (Å²) in [6.45, 7) is 6.91. The van der Waals surface area contributed by atoms with E-state index < -0.39 is 0 Å². The van der Waals surface area contributed by atoms with Crippen molar-refractivity contribution in [1.29, 1.82) is 0 Å². The van der Waals surface area contributed by atoms with Crippen molar-refractivity contribution in [2.24, 2.45) is 11.3 Å². The smallest absolute Gasteiger partial charge is 0.147 e. The summed E-state index contributed by atoms with van der Waals surface area (Å²) in [5.41, 5.74) is 2.20. The van der Waals surface area contributed by atoms with Gasteiger partial charge < -0.3 is 9.53 Å². The average Bonchev–Trinajstić information content (AvgIpc) is 2.57. The molecule has 2 atom stereocenters. The summed E-state index contributed by atoms with van der Waals surface area (Å²) in [6.07, 6.45) is 1.44. The van der Waals surface area contributed by atoms with Crippen molar-refractivity contribution in [2.45, 2.75) is 51.2 Å². The van der Waals surface area contributed by atoms with Crippen LogP contribution < -0.4 is 0 Å². The fourth-order valence-electron chi connectivity index (χ4n) is 4.71. The van der Waals surface area contributed by atoms with Crippen molar-refractivity contribution in [3.05, 3.63) is 71.8 Å². The zero-order valence-electron chi connectivity index (χ0n) is 15.8. The summed E-state index contributed by atoms with van der Waals surface area (Å²) < 4.78 is 6.55. The standard InChI is InChI=1S/C22H30O2Si/c1-21(2,3)20(16-10-6-4-7-11-16)22(24-25,18-14-19(23)15-18)17-12-8-5-9-13-17/h4-13,18-20,23H,14-15H2,1-3,25H3. The first-order valence-corrected chi connectivity index (χ1v) is 10.0. The van der Waals surface area contributed by atoms with Gasteiger partial charge >= 0.3 is 0 Å². The quantitative estimate of drug-likeness (QED) is 0.828. The summed E-state index contributed by atoms with van der Waals surface area (Å²) in [5, 5.41) is 10.0. The summed E-state index contributed by atoms with van der Waals surface area (Å²) in [4.78, 5) is 0. The fraction of sp³-hybridized carbons (Fsp3) is 0.455. The summed E-state index contributed by atoms with van der Waals surface area (Å²) in [7, 11) is 0.662. The monoisotopic (exact) mass is 354 g/mol. The van der Waals surface area contributed by atoms with Crippen LogP contribution in [0, 0.1) is 11.3 Å². The molecule has 134 valence electrons. The van der Waals surface area contributed by atoms with Gasteiger partial charge in [0.1, 0.15) is 10.5 Å². The van der Waals surface area contributed by atoms with E-state index in [1.54, 1.807) is 0 Å². The third-order valence-electron chi connectivity index (χ3n) is 5.71. The van der Waals surface area contributed by atoms with Crippen LogP contribution >= 0.6 is 0 Å². The Morgan fingerprint density at radius 3 is 1.92 bits per heavy atom. The molecule has 2 unspecified atom stereocenters. The first kappa shape index (κ1) is 18.4. The average molecular weight is 355 g/mol. The number of rotatable bonds is 5. The Kier molecular flexibility index (Phi) is 5.19. The molecule has 0 bridgehead atoms. The van der Waals surface area contributed by atoms with Gasteiger partial charge in [-0.1, -0.05) is 81.4 Å². The van der Waals surface area contributed by atoms with Crippen LogP contribution in [0.4, 0.5) is 0 Å². The maximum absolute atomic E-state index is 10.0. The Hall–Kier alpha value is -1.42. The van der Waals surface area contributed by atoms with Crippen molar-refractivity contribution in [3.8, 4) is 0 Å². The van der Waals surface area contributed by atoms with Gasteiger partial charge in [-0.05, 0) is 35.3 Å². The molecule has 1 fully saturated rings. The molecular weight excluding hydrogens is 324 g/mol. The van der Waals surface area contributed by atoms with Gasteiger partial charge in [-0.3, -0.25) is 0 Å². The minimum Gasteiger partial charge on any atom is -0.418 e. The zero-order chi connectivity index (χ0) is 18.1. The van der Waals surface area contributed by atoms with E-state index in [2.05, 4.69) is 81.4 Å². The van der Waals surface area contributed by atoms with Crippen molar-refractivity contribution in [2.75, 3.05) is 0 Å². The molecule has 1 aliphatic rings. The summed E-state index contributed by atoms with van der Waals surface area (Å²) in [6, 6.07) is 21.4. The molecule has 0 saturated heterocycles. The molecule has 1 aliphatic carbocycles. The lowest BCUT2D eigenvalue weighted by atomic mass is 9.56. The summed E-state index contributed by atoms with van der Waals surface area (Å²) in [5.74, 6) is 0.561. The highest BCUT2D eigenvalue weighted by atomic mass is 28.2. The van der Waals surface area contributed by atoms with E-state index in [9.17, 15) is 5.11 Å². The van der Waals surface area contributed by atoms with Crippen LogP contribution in [-0.2, 0) is 10.0 Å². The van der Waals surface area contributed by atoms with E-state index in [0.29, 0.717) is 16.4 Å². The van der Waals surface area contributed by atoms with Crippen LogP contribution in [-0.4, -0.2) is 21.7 Å². The highest BCUT2D eigenvalue weighted by molar-refractivity contribution is 5.98. The Bertz CT molecular complexity index is 674. The molecule has 25 heavy (non-hydrogen) atoms. The fourth-order valence-corrected chi connectivity index (χ4v) is 5.52. The zero-order valence-corrected chi connectivity index (χ0v) is 17.8. The second-order valence-electron chi connectivity index (χ2n) is 8.40. The van der Waals surface area contributed by atoms with E-state index in [1.807, 2.05) is 0 Å². The van der Waals surface area contributed by atoms with Crippen LogP contribution in [0.2, 0.25) is 0 Å². The molecule has 3 rings (SSSR count). The van der Waals surface area contributed by atoms with E-state index in [4.69, 9.17) is 4.43 Å². The lowest BCUT2D eigenvalue weighted by Crippen LogP contribution is -2.53. The maximum Gasteiger partial charge on any atom is 0.147 e. The second kappa shape index (κ2) is 7.06. The first-order chi connectivity index (χ1) is 11.9. The topological polar surface area (TPSA) is 29.5 Å². The number of benzene rings is 2. The Labute approximate surface area is 154 Å². The van der Waals surface area contributed by atoms with Crippen LogP contribution in [0.3, 0.4) is 0 Å². The van der Waals surface area contributed by atoms with E-state index in [1.165, 1.54) is 11.1 Å². The van der Waals surface area contributed by atoms with Crippen molar-refractivity contribution in [3.63, 3.8) is 0 Å². The predicted octanol–water partition coefficient (Wildman–Crippen LogP) is 3.78. The Morgan fingerprint density at radius 2 is 1.48 bits per heavy atom. The first-order valence-electron chi connectivity index (χ1n) is 9.23. The third-order valence-corrected chi connectivity index (χ3v) is 6.39. The SMILES string of the molecule is CC(C)(C)C(c1ccccc1)C(O[SiH3])(c1ccccc1)C1CC(O)C1. The van der Waals surface area contributed by atoms with Crippen LogP contribution in [0.1, 0.15) is 50.7 Å². The molecule has 2 aromatic rings. The molecule has 0 aliphatic heterocycles. The largest absolute Gasteiger partial charge is 0.418 e. The van der Waals surface area contributed by atoms with Gasteiger partial charge in [0.05, 0.1) is 11.7 Å². The number of aliphatic hydroxyl groups excluding tert-OH is 1. The molecule has 0 aromatic heterocycles. The Balaban J connectivity index is 2.20. The lowest BCUT2D eigenvalue weighted by Gasteiger charge is -2.55. The van der Waals surface area contributed by atoms with Crippen molar-refractivity contribution < 1.29 is 9.53 Å². The van der Waals surface area contributed by atoms with Crippen LogP contribution in [0.15, 0.2) is 60.7 Å². The highest BCUT2D eigenvalue weighted by Crippen LogP contribution is 2.57. The lowest BCUT2D eigenvalue weighted by molar-refractivity contribution is -0.117. The normalized spacial score (nSPS) is 24.3. The van der Waals surface area contributed by atoms with E-state index in [0.717, 1.165) is 12.8 Å². The van der Waals surface area contributed by atoms with Crippen LogP contribution in [0.25, 0.3) is 0 Å². The summed E-state index contributed by atoms with van der Waals surface area (Å²) >= 11 is 0. The molecular formula is C22H30O2Si. The number of hydrogen-bond acceptors (Lipinski definition) is 2. The van der Waals surface area contributed by atoms with Crippen molar-refractivity contribution >= 4 is 10.5 Å². The predicted molar refractivity (Wildman–Crippen MR) is 107 cm³/mol. The molecule has 0 spiro atoms. The van der Waals surface area contributed by atoms with Gasteiger partial charge in [0.2, 0.25) is 0 Å². The van der Waals surface area contributed by atoms with Gasteiger partial charge in [0.15, 0.2) is 0 Å². The Morgan fingerprint density at radius 1 is 0.960 bits per heavy atom. The van der Waals surface area contributed by atoms with Gasteiger partial charge in [-0.2, -0.15) is 0 Å². The molecule has 2 aromatic carbocycles. The molecule has 1 N–H and O–H groups in total. The van der Waals surface area contributed by atoms with Crippen LogP contribution in [0.5, 0.6) is 0 Å². The third kappa shape index (κ3) is 3.33. The second-order valence-corrected chi connectivity index (χ2v) is 8.80. The molecule has 0 heterocycles. The molecule has 1 saturated carbocycles.